The Morgan fingerprint density at radius 2 is 2.24 bits per heavy atom. The zero-order valence-corrected chi connectivity index (χ0v) is 10.5. The molecule has 0 aliphatic carbocycles. The first-order chi connectivity index (χ1) is 8.02. The zero-order chi connectivity index (χ0) is 12.8. The van der Waals surface area contributed by atoms with Gasteiger partial charge in [-0.05, 0) is 12.0 Å². The summed E-state index contributed by atoms with van der Waals surface area (Å²) in [4.78, 5) is 15.5. The molecule has 0 radical (unpaired) electrons. The number of nitro groups is 1. The molecule has 0 saturated carbocycles. The molecule has 0 saturated heterocycles. The fourth-order valence-corrected chi connectivity index (χ4v) is 1.48. The third-order valence-electron chi connectivity index (χ3n) is 2.06. The molecule has 94 valence electrons. The van der Waals surface area contributed by atoms with Crippen LogP contribution in [0.4, 0.5) is 5.69 Å². The fraction of sp³-hybridized carbons (Fsp3) is 0.455. The molecule has 17 heavy (non-hydrogen) atoms. The van der Waals surface area contributed by atoms with Crippen molar-refractivity contribution < 1.29 is 9.76 Å². The van der Waals surface area contributed by atoms with Gasteiger partial charge in [0.1, 0.15) is 0 Å². The van der Waals surface area contributed by atoms with Crippen molar-refractivity contribution in [1.82, 2.24) is 5.48 Å². The van der Waals surface area contributed by atoms with Crippen LogP contribution in [-0.2, 0) is 11.4 Å². The number of hydroxylamine groups is 1. The third-order valence-corrected chi connectivity index (χ3v) is 2.41. The van der Waals surface area contributed by atoms with E-state index in [2.05, 4.69) is 5.48 Å². The summed E-state index contributed by atoms with van der Waals surface area (Å²) in [6.45, 7) is 4.78. The number of hydrogen-bond acceptors (Lipinski definition) is 4. The Bertz CT molecular complexity index is 396. The highest BCUT2D eigenvalue weighted by atomic mass is 35.5. The molecule has 0 amide bonds. The first-order valence-electron chi connectivity index (χ1n) is 5.28. The molecule has 1 aromatic carbocycles. The predicted octanol–water partition coefficient (Wildman–Crippen LogP) is 2.93. The van der Waals surface area contributed by atoms with E-state index in [1.165, 1.54) is 6.07 Å². The molecule has 1 aromatic rings. The summed E-state index contributed by atoms with van der Waals surface area (Å²) in [6.07, 6.45) is 0. The smallest absolute Gasteiger partial charge is 0.275 e. The second kappa shape index (κ2) is 6.54. The van der Waals surface area contributed by atoms with E-state index in [4.69, 9.17) is 16.4 Å². The van der Waals surface area contributed by atoms with Gasteiger partial charge < -0.3 is 4.84 Å². The SMILES string of the molecule is CC(C)CONCc1c(Cl)cccc1[N+](=O)[O-]. The van der Waals surface area contributed by atoms with Gasteiger partial charge in [0.2, 0.25) is 0 Å². The Kier molecular flexibility index (Phi) is 5.34. The van der Waals surface area contributed by atoms with Crippen LogP contribution in [0.5, 0.6) is 0 Å². The Hall–Kier alpha value is -1.17. The number of nitrogens with zero attached hydrogens (tertiary/aromatic N) is 1. The molecule has 5 nitrogen and oxygen atoms in total. The Labute approximate surface area is 105 Å². The van der Waals surface area contributed by atoms with Gasteiger partial charge in [0.25, 0.3) is 5.69 Å². The van der Waals surface area contributed by atoms with E-state index in [-0.39, 0.29) is 12.2 Å². The molecule has 0 aliphatic rings. The van der Waals surface area contributed by atoms with Gasteiger partial charge >= 0.3 is 0 Å². The highest BCUT2D eigenvalue weighted by Gasteiger charge is 2.15. The summed E-state index contributed by atoms with van der Waals surface area (Å²) >= 11 is 5.91. The second-order valence-electron chi connectivity index (χ2n) is 4.02. The molecule has 0 aliphatic heterocycles. The van der Waals surface area contributed by atoms with Crippen molar-refractivity contribution in [1.29, 1.82) is 0 Å². The summed E-state index contributed by atoms with van der Waals surface area (Å²) in [7, 11) is 0. The van der Waals surface area contributed by atoms with Crippen molar-refractivity contribution in [2.75, 3.05) is 6.61 Å². The highest BCUT2D eigenvalue weighted by molar-refractivity contribution is 6.31. The summed E-state index contributed by atoms with van der Waals surface area (Å²) < 4.78 is 0. The summed E-state index contributed by atoms with van der Waals surface area (Å²) in [6, 6.07) is 4.60. The Morgan fingerprint density at radius 1 is 1.53 bits per heavy atom. The van der Waals surface area contributed by atoms with Gasteiger partial charge in [-0.25, -0.2) is 0 Å². The molecule has 0 fully saturated rings. The summed E-state index contributed by atoms with van der Waals surface area (Å²) in [5.74, 6) is 0.392. The van der Waals surface area contributed by atoms with Gasteiger partial charge in [0.15, 0.2) is 0 Å². The summed E-state index contributed by atoms with van der Waals surface area (Å²) in [5.41, 5.74) is 3.11. The van der Waals surface area contributed by atoms with Crippen molar-refractivity contribution in [3.05, 3.63) is 38.9 Å². The van der Waals surface area contributed by atoms with E-state index in [9.17, 15) is 10.1 Å². The van der Waals surface area contributed by atoms with Gasteiger partial charge in [0, 0.05) is 6.07 Å². The Morgan fingerprint density at radius 3 is 2.82 bits per heavy atom. The average molecular weight is 259 g/mol. The normalized spacial score (nSPS) is 10.8. The van der Waals surface area contributed by atoms with E-state index in [1.807, 2.05) is 13.8 Å². The van der Waals surface area contributed by atoms with Crippen LogP contribution in [0.25, 0.3) is 0 Å². The molecule has 0 bridgehead atoms. The summed E-state index contributed by atoms with van der Waals surface area (Å²) in [5, 5.41) is 11.2. The fourth-order valence-electron chi connectivity index (χ4n) is 1.24. The monoisotopic (exact) mass is 258 g/mol. The van der Waals surface area contributed by atoms with Crippen LogP contribution in [0.1, 0.15) is 19.4 Å². The van der Waals surface area contributed by atoms with E-state index in [1.54, 1.807) is 12.1 Å². The number of halogens is 1. The minimum Gasteiger partial charge on any atom is -0.301 e. The maximum absolute atomic E-state index is 10.8. The number of hydrogen-bond donors (Lipinski definition) is 1. The predicted molar refractivity (Wildman–Crippen MR) is 65.7 cm³/mol. The third kappa shape index (κ3) is 4.30. The second-order valence-corrected chi connectivity index (χ2v) is 4.43. The lowest BCUT2D eigenvalue weighted by Crippen LogP contribution is -2.18. The van der Waals surface area contributed by atoms with Gasteiger partial charge in [-0.2, -0.15) is 5.48 Å². The van der Waals surface area contributed by atoms with E-state index in [0.717, 1.165) is 0 Å². The van der Waals surface area contributed by atoms with Crippen LogP contribution in [0.15, 0.2) is 18.2 Å². The molecule has 0 heterocycles. The molecule has 0 aromatic heterocycles. The van der Waals surface area contributed by atoms with Crippen LogP contribution in [-0.4, -0.2) is 11.5 Å². The minimum atomic E-state index is -0.453. The topological polar surface area (TPSA) is 64.4 Å². The van der Waals surface area contributed by atoms with E-state index >= 15 is 0 Å². The number of nitro benzene ring substituents is 1. The molecule has 6 heteroatoms. The lowest BCUT2D eigenvalue weighted by Gasteiger charge is -2.09. The molecule has 1 N–H and O–H groups in total. The van der Waals surface area contributed by atoms with Gasteiger partial charge in [-0.1, -0.05) is 31.5 Å². The van der Waals surface area contributed by atoms with Crippen molar-refractivity contribution in [3.8, 4) is 0 Å². The Balaban J connectivity index is 2.66. The molecule has 0 unspecified atom stereocenters. The van der Waals surface area contributed by atoms with Crippen LogP contribution in [0.2, 0.25) is 5.02 Å². The maximum Gasteiger partial charge on any atom is 0.275 e. The van der Waals surface area contributed by atoms with Crippen molar-refractivity contribution in [2.45, 2.75) is 20.4 Å². The van der Waals surface area contributed by atoms with Crippen LogP contribution in [0, 0.1) is 16.0 Å². The standard InChI is InChI=1S/C11H15ClN2O3/c1-8(2)7-17-13-6-9-10(12)4-3-5-11(9)14(15)16/h3-5,8,13H,6-7H2,1-2H3. The molecular formula is C11H15ClN2O3. The number of nitrogens with one attached hydrogen (secondary N) is 1. The zero-order valence-electron chi connectivity index (χ0n) is 9.77. The number of rotatable bonds is 6. The van der Waals surface area contributed by atoms with E-state index < -0.39 is 4.92 Å². The van der Waals surface area contributed by atoms with Crippen molar-refractivity contribution in [2.24, 2.45) is 5.92 Å². The minimum absolute atomic E-state index is 0.00172. The van der Waals surface area contributed by atoms with Crippen LogP contribution < -0.4 is 5.48 Å². The van der Waals surface area contributed by atoms with Gasteiger partial charge in [0.05, 0.1) is 28.7 Å². The van der Waals surface area contributed by atoms with Crippen LogP contribution >= 0.6 is 11.6 Å². The molecular weight excluding hydrogens is 244 g/mol. The van der Waals surface area contributed by atoms with Crippen LogP contribution in [0.3, 0.4) is 0 Å². The lowest BCUT2D eigenvalue weighted by molar-refractivity contribution is -0.385. The molecule has 1 rings (SSSR count). The lowest BCUT2D eigenvalue weighted by atomic mass is 10.2. The van der Waals surface area contributed by atoms with E-state index in [0.29, 0.717) is 23.1 Å². The number of benzene rings is 1. The highest BCUT2D eigenvalue weighted by Crippen LogP contribution is 2.25. The van der Waals surface area contributed by atoms with Crippen molar-refractivity contribution in [3.63, 3.8) is 0 Å². The largest absolute Gasteiger partial charge is 0.301 e. The van der Waals surface area contributed by atoms with Gasteiger partial charge in [-0.3, -0.25) is 10.1 Å². The average Bonchev–Trinajstić information content (AvgIpc) is 2.25. The van der Waals surface area contributed by atoms with Crippen molar-refractivity contribution >= 4 is 17.3 Å². The molecule has 0 atom stereocenters. The van der Waals surface area contributed by atoms with Gasteiger partial charge in [-0.15, -0.1) is 0 Å². The quantitative estimate of drug-likeness (QED) is 0.484. The molecule has 0 spiro atoms. The first-order valence-corrected chi connectivity index (χ1v) is 5.66. The maximum atomic E-state index is 10.8. The first kappa shape index (κ1) is 13.9.